The van der Waals surface area contributed by atoms with Crippen molar-refractivity contribution >= 4 is 11.7 Å². The molecule has 17 heavy (non-hydrogen) atoms. The van der Waals surface area contributed by atoms with Crippen molar-refractivity contribution in [1.29, 1.82) is 0 Å². The maximum absolute atomic E-state index is 10.8. The highest BCUT2D eigenvalue weighted by atomic mass is 16.5. The fraction of sp³-hybridized carbons (Fsp3) is 0.462. The molecule has 0 aliphatic rings. The summed E-state index contributed by atoms with van der Waals surface area (Å²) in [5.74, 6) is -0.892. The van der Waals surface area contributed by atoms with E-state index in [0.29, 0.717) is 18.7 Å². The summed E-state index contributed by atoms with van der Waals surface area (Å²) in [7, 11) is 0. The maximum Gasteiger partial charge on any atom is 0.335 e. The Morgan fingerprint density at radius 3 is 2.76 bits per heavy atom. The lowest BCUT2D eigenvalue weighted by molar-refractivity contribution is 0.0696. The van der Waals surface area contributed by atoms with Crippen LogP contribution < -0.4 is 5.32 Å². The number of benzene rings is 1. The van der Waals surface area contributed by atoms with Crippen LogP contribution >= 0.6 is 0 Å². The van der Waals surface area contributed by atoms with Crippen LogP contribution in [0.25, 0.3) is 0 Å². The third-order valence-corrected chi connectivity index (χ3v) is 2.50. The SMILES string of the molecule is CCOC(C)CNc1ccc(C(=O)O)c(C)c1. The molecule has 0 amide bonds. The van der Waals surface area contributed by atoms with Gasteiger partial charge in [-0.3, -0.25) is 0 Å². The Balaban J connectivity index is 2.62. The highest BCUT2D eigenvalue weighted by molar-refractivity contribution is 5.89. The number of rotatable bonds is 6. The van der Waals surface area contributed by atoms with Gasteiger partial charge in [0.25, 0.3) is 0 Å². The third kappa shape index (κ3) is 4.07. The van der Waals surface area contributed by atoms with Crippen LogP contribution in [0.5, 0.6) is 0 Å². The molecule has 4 heteroatoms. The molecule has 1 unspecified atom stereocenters. The molecule has 0 aliphatic heterocycles. The summed E-state index contributed by atoms with van der Waals surface area (Å²) in [6.45, 7) is 7.15. The smallest absolute Gasteiger partial charge is 0.335 e. The van der Waals surface area contributed by atoms with Gasteiger partial charge in [0.15, 0.2) is 0 Å². The van der Waals surface area contributed by atoms with Crippen LogP contribution in [0.3, 0.4) is 0 Å². The van der Waals surface area contributed by atoms with Gasteiger partial charge in [-0.15, -0.1) is 0 Å². The quantitative estimate of drug-likeness (QED) is 0.798. The Bertz CT molecular complexity index is 390. The lowest BCUT2D eigenvalue weighted by Crippen LogP contribution is -2.19. The number of anilines is 1. The number of hydrogen-bond acceptors (Lipinski definition) is 3. The number of aromatic carboxylic acids is 1. The molecule has 0 saturated heterocycles. The maximum atomic E-state index is 10.8. The van der Waals surface area contributed by atoms with Gasteiger partial charge >= 0.3 is 5.97 Å². The van der Waals surface area contributed by atoms with Crippen molar-refractivity contribution < 1.29 is 14.6 Å². The molecule has 0 heterocycles. The first kappa shape index (κ1) is 13.5. The van der Waals surface area contributed by atoms with Crippen LogP contribution in [-0.2, 0) is 4.74 Å². The molecule has 0 saturated carbocycles. The number of carboxylic acid groups (broad SMARTS) is 1. The lowest BCUT2D eigenvalue weighted by atomic mass is 10.1. The summed E-state index contributed by atoms with van der Waals surface area (Å²) in [6.07, 6.45) is 0.138. The second kappa shape index (κ2) is 6.25. The van der Waals surface area contributed by atoms with Gasteiger partial charge < -0.3 is 15.2 Å². The number of carbonyl (C=O) groups is 1. The Kier molecular flexibility index (Phi) is 4.97. The fourth-order valence-electron chi connectivity index (χ4n) is 1.62. The van der Waals surface area contributed by atoms with Crippen molar-refractivity contribution in [2.45, 2.75) is 26.9 Å². The first-order valence-corrected chi connectivity index (χ1v) is 5.74. The molecule has 1 aromatic rings. The third-order valence-electron chi connectivity index (χ3n) is 2.50. The van der Waals surface area contributed by atoms with E-state index in [0.717, 1.165) is 11.3 Å². The molecule has 0 bridgehead atoms. The van der Waals surface area contributed by atoms with Crippen LogP contribution in [0.4, 0.5) is 5.69 Å². The Morgan fingerprint density at radius 1 is 1.53 bits per heavy atom. The molecule has 0 spiro atoms. The van der Waals surface area contributed by atoms with E-state index >= 15 is 0 Å². The van der Waals surface area contributed by atoms with E-state index in [1.807, 2.05) is 19.9 Å². The average Bonchev–Trinajstić information content (AvgIpc) is 2.26. The number of aryl methyl sites for hydroxylation is 1. The van der Waals surface area contributed by atoms with Crippen molar-refractivity contribution in [3.05, 3.63) is 29.3 Å². The molecule has 1 atom stereocenters. The first-order chi connectivity index (χ1) is 8.04. The molecule has 94 valence electrons. The van der Waals surface area contributed by atoms with Gasteiger partial charge in [-0.2, -0.15) is 0 Å². The molecule has 0 fully saturated rings. The summed E-state index contributed by atoms with van der Waals surface area (Å²) in [6, 6.07) is 5.22. The molecule has 1 aromatic carbocycles. The largest absolute Gasteiger partial charge is 0.478 e. The molecular formula is C13H19NO3. The highest BCUT2D eigenvalue weighted by Gasteiger charge is 2.07. The number of nitrogens with one attached hydrogen (secondary N) is 1. The van der Waals surface area contributed by atoms with E-state index in [9.17, 15) is 4.79 Å². The van der Waals surface area contributed by atoms with E-state index in [4.69, 9.17) is 9.84 Å². The molecular weight excluding hydrogens is 218 g/mol. The van der Waals surface area contributed by atoms with Crippen molar-refractivity contribution in [2.24, 2.45) is 0 Å². The van der Waals surface area contributed by atoms with E-state index in [2.05, 4.69) is 5.32 Å². The second-order valence-corrected chi connectivity index (χ2v) is 3.98. The Labute approximate surface area is 102 Å². The van der Waals surface area contributed by atoms with Gasteiger partial charge in [-0.05, 0) is 44.5 Å². The van der Waals surface area contributed by atoms with Gasteiger partial charge in [0.2, 0.25) is 0 Å². The highest BCUT2D eigenvalue weighted by Crippen LogP contribution is 2.15. The van der Waals surface area contributed by atoms with Gasteiger partial charge in [0, 0.05) is 18.8 Å². The molecule has 0 aromatic heterocycles. The molecule has 1 rings (SSSR count). The molecule has 0 radical (unpaired) electrons. The minimum absolute atomic E-state index is 0.138. The predicted molar refractivity (Wildman–Crippen MR) is 67.7 cm³/mol. The van der Waals surface area contributed by atoms with Crippen LogP contribution in [-0.4, -0.2) is 30.3 Å². The summed E-state index contributed by atoms with van der Waals surface area (Å²) < 4.78 is 5.40. The standard InChI is InChI=1S/C13H19NO3/c1-4-17-10(3)8-14-11-5-6-12(13(15)16)9(2)7-11/h5-7,10,14H,4,8H2,1-3H3,(H,15,16). The zero-order chi connectivity index (χ0) is 12.8. The zero-order valence-corrected chi connectivity index (χ0v) is 10.5. The first-order valence-electron chi connectivity index (χ1n) is 5.74. The van der Waals surface area contributed by atoms with Gasteiger partial charge in [0.1, 0.15) is 0 Å². The predicted octanol–water partition coefficient (Wildman–Crippen LogP) is 2.53. The van der Waals surface area contributed by atoms with Gasteiger partial charge in [-0.25, -0.2) is 4.79 Å². The van der Waals surface area contributed by atoms with Crippen LogP contribution in [0, 0.1) is 6.92 Å². The second-order valence-electron chi connectivity index (χ2n) is 3.98. The monoisotopic (exact) mass is 237 g/mol. The van der Waals surface area contributed by atoms with Crippen molar-refractivity contribution in [3.8, 4) is 0 Å². The summed E-state index contributed by atoms with van der Waals surface area (Å²) in [4.78, 5) is 10.8. The summed E-state index contributed by atoms with van der Waals surface area (Å²) in [5, 5.41) is 12.1. The summed E-state index contributed by atoms with van der Waals surface area (Å²) >= 11 is 0. The molecule has 0 aliphatic carbocycles. The zero-order valence-electron chi connectivity index (χ0n) is 10.5. The van der Waals surface area contributed by atoms with Crippen molar-refractivity contribution in [1.82, 2.24) is 0 Å². The van der Waals surface area contributed by atoms with E-state index in [1.165, 1.54) is 0 Å². The van der Waals surface area contributed by atoms with E-state index in [1.54, 1.807) is 19.1 Å². The van der Waals surface area contributed by atoms with Gasteiger partial charge in [-0.1, -0.05) is 0 Å². The topological polar surface area (TPSA) is 58.6 Å². The number of ether oxygens (including phenoxy) is 1. The van der Waals surface area contributed by atoms with Crippen LogP contribution in [0.2, 0.25) is 0 Å². The minimum Gasteiger partial charge on any atom is -0.478 e. The fourth-order valence-corrected chi connectivity index (χ4v) is 1.62. The molecule has 2 N–H and O–H groups in total. The van der Waals surface area contributed by atoms with Crippen molar-refractivity contribution in [3.63, 3.8) is 0 Å². The summed E-state index contributed by atoms with van der Waals surface area (Å²) in [5.41, 5.74) is 2.01. The Hall–Kier alpha value is -1.55. The van der Waals surface area contributed by atoms with Crippen LogP contribution in [0.15, 0.2) is 18.2 Å². The average molecular weight is 237 g/mol. The van der Waals surface area contributed by atoms with Gasteiger partial charge in [0.05, 0.1) is 11.7 Å². The minimum atomic E-state index is -0.892. The number of carboxylic acids is 1. The lowest BCUT2D eigenvalue weighted by Gasteiger charge is -2.14. The van der Waals surface area contributed by atoms with Crippen molar-refractivity contribution in [2.75, 3.05) is 18.5 Å². The Morgan fingerprint density at radius 2 is 2.24 bits per heavy atom. The molecule has 4 nitrogen and oxygen atoms in total. The normalized spacial score (nSPS) is 12.2. The van der Waals surface area contributed by atoms with E-state index < -0.39 is 5.97 Å². The van der Waals surface area contributed by atoms with Crippen LogP contribution in [0.1, 0.15) is 29.8 Å². The van der Waals surface area contributed by atoms with E-state index in [-0.39, 0.29) is 6.10 Å². The number of hydrogen-bond donors (Lipinski definition) is 2.